The Morgan fingerprint density at radius 2 is 2.17 bits per heavy atom. The molecule has 2 rings (SSSR count). The van der Waals surface area contributed by atoms with E-state index in [1.807, 2.05) is 0 Å². The maximum atomic E-state index is 4.47. The molecule has 4 heteroatoms. The van der Waals surface area contributed by atoms with Gasteiger partial charge in [0.15, 0.2) is 5.84 Å². The van der Waals surface area contributed by atoms with E-state index in [1.165, 1.54) is 0 Å². The van der Waals surface area contributed by atoms with Gasteiger partial charge in [0, 0.05) is 0 Å². The van der Waals surface area contributed by atoms with Crippen LogP contribution in [0.15, 0.2) is 15.0 Å². The van der Waals surface area contributed by atoms with Crippen molar-refractivity contribution in [2.24, 2.45) is 20.4 Å². The number of rotatable bonds is 0. The second-order valence-electron chi connectivity index (χ2n) is 3.97. The van der Waals surface area contributed by atoms with Gasteiger partial charge in [-0.1, -0.05) is 32.5 Å². The van der Waals surface area contributed by atoms with E-state index in [0.717, 1.165) is 10.9 Å². The summed E-state index contributed by atoms with van der Waals surface area (Å²) in [7, 11) is 0. The second kappa shape index (κ2) is 2.42. The van der Waals surface area contributed by atoms with Crippen molar-refractivity contribution in [1.82, 2.24) is 0 Å². The first-order chi connectivity index (χ1) is 5.57. The Kier molecular flexibility index (Phi) is 1.61. The number of thioether (sulfide) groups is 1. The molecule has 2 aliphatic rings. The predicted octanol–water partition coefficient (Wildman–Crippen LogP) is 1.94. The maximum absolute atomic E-state index is 4.47. The number of nitrogens with zero attached hydrogens (tertiary/aromatic N) is 3. The van der Waals surface area contributed by atoms with E-state index in [-0.39, 0.29) is 10.8 Å². The molecule has 0 aromatic rings. The molecule has 1 unspecified atom stereocenters. The highest BCUT2D eigenvalue weighted by Crippen LogP contribution is 2.37. The van der Waals surface area contributed by atoms with Gasteiger partial charge in [-0.15, -0.1) is 0 Å². The number of fused-ring (bicyclic) bond motifs is 1. The van der Waals surface area contributed by atoms with Crippen molar-refractivity contribution >= 4 is 29.0 Å². The summed E-state index contributed by atoms with van der Waals surface area (Å²) < 4.78 is 0. The molecule has 0 radical (unpaired) electrons. The van der Waals surface area contributed by atoms with Crippen molar-refractivity contribution in [1.29, 1.82) is 0 Å². The monoisotopic (exact) mass is 181 g/mol. The first kappa shape index (κ1) is 7.98. The molecule has 0 amide bonds. The molecular formula is C8H11N3S. The molecule has 2 aliphatic heterocycles. The van der Waals surface area contributed by atoms with Crippen molar-refractivity contribution in [3.63, 3.8) is 0 Å². The van der Waals surface area contributed by atoms with Gasteiger partial charge >= 0.3 is 0 Å². The Morgan fingerprint density at radius 3 is 2.75 bits per heavy atom. The third-order valence-corrected chi connectivity index (χ3v) is 3.30. The van der Waals surface area contributed by atoms with E-state index in [9.17, 15) is 0 Å². The molecule has 0 saturated heterocycles. The summed E-state index contributed by atoms with van der Waals surface area (Å²) in [4.78, 5) is 12.7. The molecule has 12 heavy (non-hydrogen) atoms. The van der Waals surface area contributed by atoms with Gasteiger partial charge in [-0.3, -0.25) is 0 Å². The Hall–Kier alpha value is -0.640. The summed E-state index contributed by atoms with van der Waals surface area (Å²) >= 11 is 1.71. The molecule has 0 N–H and O–H groups in total. The van der Waals surface area contributed by atoms with Gasteiger partial charge in [-0.2, -0.15) is 0 Å². The Morgan fingerprint density at radius 1 is 1.42 bits per heavy atom. The second-order valence-corrected chi connectivity index (χ2v) is 5.04. The SMILES string of the molecule is CC(C)(C)C1N=C2N=CN=C2S1. The van der Waals surface area contributed by atoms with Crippen molar-refractivity contribution in [3.8, 4) is 0 Å². The standard InChI is InChI=1S/C8H11N3S/c1-8(2,3)7-11-5-6(12-7)10-4-9-5/h4,7H,1-3H3. The topological polar surface area (TPSA) is 37.1 Å². The van der Waals surface area contributed by atoms with Gasteiger partial charge in [-0.25, -0.2) is 15.0 Å². The van der Waals surface area contributed by atoms with Crippen LogP contribution >= 0.6 is 11.8 Å². The third-order valence-electron chi connectivity index (χ3n) is 1.75. The molecule has 0 fully saturated rings. The molecule has 3 nitrogen and oxygen atoms in total. The van der Waals surface area contributed by atoms with Crippen LogP contribution in [0.2, 0.25) is 0 Å². The minimum Gasteiger partial charge on any atom is -0.249 e. The molecule has 0 spiro atoms. The van der Waals surface area contributed by atoms with E-state index < -0.39 is 0 Å². The van der Waals surface area contributed by atoms with Crippen molar-refractivity contribution in [3.05, 3.63) is 0 Å². The van der Waals surface area contributed by atoms with Crippen LogP contribution in [-0.4, -0.2) is 22.6 Å². The number of amidine groups is 1. The van der Waals surface area contributed by atoms with E-state index in [4.69, 9.17) is 0 Å². The first-order valence-electron chi connectivity index (χ1n) is 3.92. The van der Waals surface area contributed by atoms with Gasteiger partial charge < -0.3 is 0 Å². The molecule has 0 aromatic heterocycles. The van der Waals surface area contributed by atoms with E-state index in [2.05, 4.69) is 35.7 Å². The van der Waals surface area contributed by atoms with Crippen LogP contribution in [0.4, 0.5) is 0 Å². The molecule has 64 valence electrons. The van der Waals surface area contributed by atoms with Crippen LogP contribution < -0.4 is 0 Å². The maximum Gasteiger partial charge on any atom is 0.183 e. The zero-order valence-corrected chi connectivity index (χ0v) is 8.22. The first-order valence-corrected chi connectivity index (χ1v) is 4.80. The van der Waals surface area contributed by atoms with Crippen molar-refractivity contribution in [2.45, 2.75) is 26.1 Å². The van der Waals surface area contributed by atoms with Gasteiger partial charge in [0.25, 0.3) is 0 Å². The largest absolute Gasteiger partial charge is 0.249 e. The molecular weight excluding hydrogens is 170 g/mol. The average Bonchev–Trinajstić information content (AvgIpc) is 2.37. The highest BCUT2D eigenvalue weighted by molar-refractivity contribution is 8.16. The minimum absolute atomic E-state index is 0.194. The third kappa shape index (κ3) is 1.20. The van der Waals surface area contributed by atoms with E-state index in [0.29, 0.717) is 0 Å². The lowest BCUT2D eigenvalue weighted by Gasteiger charge is -2.22. The van der Waals surface area contributed by atoms with Crippen molar-refractivity contribution in [2.75, 3.05) is 0 Å². The van der Waals surface area contributed by atoms with Crippen LogP contribution in [-0.2, 0) is 0 Å². The summed E-state index contributed by atoms with van der Waals surface area (Å²) in [5.41, 5.74) is 0.194. The summed E-state index contributed by atoms with van der Waals surface area (Å²) in [6.07, 6.45) is 1.57. The van der Waals surface area contributed by atoms with Crippen LogP contribution in [0.5, 0.6) is 0 Å². The molecule has 0 saturated carbocycles. The fraction of sp³-hybridized carbons (Fsp3) is 0.625. The average molecular weight is 181 g/mol. The highest BCUT2D eigenvalue weighted by atomic mass is 32.2. The fourth-order valence-corrected chi connectivity index (χ4v) is 2.07. The lowest BCUT2D eigenvalue weighted by atomic mass is 9.97. The summed E-state index contributed by atoms with van der Waals surface area (Å²) in [6, 6.07) is 0. The zero-order valence-electron chi connectivity index (χ0n) is 7.40. The quantitative estimate of drug-likeness (QED) is 0.562. The van der Waals surface area contributed by atoms with Crippen molar-refractivity contribution < 1.29 is 0 Å². The Balaban J connectivity index is 2.24. The lowest BCUT2D eigenvalue weighted by molar-refractivity contribution is 0.404. The number of hydrogen-bond acceptors (Lipinski definition) is 4. The summed E-state index contributed by atoms with van der Waals surface area (Å²) in [5, 5.41) is 1.26. The molecule has 0 bridgehead atoms. The van der Waals surface area contributed by atoms with Crippen LogP contribution in [0, 0.1) is 5.41 Å². The smallest absolute Gasteiger partial charge is 0.183 e. The van der Waals surface area contributed by atoms with Crippen LogP contribution in [0.3, 0.4) is 0 Å². The number of aliphatic imine (C=N–C) groups is 3. The minimum atomic E-state index is 0.194. The Bertz CT molecular complexity index is 296. The molecule has 0 aromatic carbocycles. The molecule has 2 heterocycles. The van der Waals surface area contributed by atoms with Crippen LogP contribution in [0.25, 0.3) is 0 Å². The lowest BCUT2D eigenvalue weighted by Crippen LogP contribution is -2.19. The van der Waals surface area contributed by atoms with Gasteiger partial charge in [0.2, 0.25) is 0 Å². The van der Waals surface area contributed by atoms with Gasteiger partial charge in [0.1, 0.15) is 16.8 Å². The molecule has 1 atom stereocenters. The normalized spacial score (nSPS) is 27.1. The van der Waals surface area contributed by atoms with Gasteiger partial charge in [0.05, 0.1) is 0 Å². The summed E-state index contributed by atoms with van der Waals surface area (Å²) in [5.74, 6) is 0.819. The van der Waals surface area contributed by atoms with E-state index in [1.54, 1.807) is 18.1 Å². The summed E-state index contributed by atoms with van der Waals surface area (Å²) in [6.45, 7) is 6.54. The fourth-order valence-electron chi connectivity index (χ4n) is 1.03. The number of hydrogen-bond donors (Lipinski definition) is 0. The molecule has 0 aliphatic carbocycles. The predicted molar refractivity (Wildman–Crippen MR) is 54.2 cm³/mol. The van der Waals surface area contributed by atoms with Gasteiger partial charge in [-0.05, 0) is 5.41 Å². The highest BCUT2D eigenvalue weighted by Gasteiger charge is 2.34. The Labute approximate surface area is 76.1 Å². The zero-order chi connectivity index (χ0) is 8.77. The van der Waals surface area contributed by atoms with E-state index >= 15 is 0 Å². The van der Waals surface area contributed by atoms with Crippen LogP contribution in [0.1, 0.15) is 20.8 Å².